The molecule has 0 bridgehead atoms. The van der Waals surface area contributed by atoms with E-state index in [2.05, 4.69) is 0 Å². The Hall–Kier alpha value is -3.91. The number of hydrogen-bond acceptors (Lipinski definition) is 5. The van der Waals surface area contributed by atoms with Gasteiger partial charge in [-0.2, -0.15) is 0 Å². The number of carbonyl (C=O) groups is 4. The van der Waals surface area contributed by atoms with Crippen LogP contribution in [0.4, 0.5) is 16.2 Å². The number of amides is 5. The van der Waals surface area contributed by atoms with Gasteiger partial charge in [-0.25, -0.2) is 9.69 Å². The van der Waals surface area contributed by atoms with Crippen LogP contribution >= 0.6 is 11.8 Å². The number of carbonyl (C=O) groups excluding carboxylic acids is 4. The van der Waals surface area contributed by atoms with Crippen molar-refractivity contribution in [1.82, 2.24) is 9.80 Å². The molecule has 3 aromatic carbocycles. The monoisotopic (exact) mass is 443 g/mol. The molecule has 3 aromatic rings. The summed E-state index contributed by atoms with van der Waals surface area (Å²) in [5, 5.41) is 0. The second-order valence-electron chi connectivity index (χ2n) is 7.32. The average Bonchev–Trinajstić information content (AvgIpc) is 3.01. The van der Waals surface area contributed by atoms with Crippen molar-refractivity contribution in [3.63, 3.8) is 0 Å². The number of para-hydroxylation sites is 2. The van der Waals surface area contributed by atoms with E-state index in [-0.39, 0.29) is 6.54 Å². The highest BCUT2D eigenvalue weighted by molar-refractivity contribution is 7.99. The molecule has 7 nitrogen and oxygen atoms in total. The number of fused-ring (bicyclic) bond motifs is 2. The molecule has 0 aromatic heterocycles. The fraction of sp³-hybridized carbons (Fsp3) is 0.0833. The normalized spacial score (nSPS) is 15.1. The summed E-state index contributed by atoms with van der Waals surface area (Å²) in [6.07, 6.45) is 0. The van der Waals surface area contributed by atoms with Gasteiger partial charge in [0.1, 0.15) is 6.54 Å². The van der Waals surface area contributed by atoms with E-state index in [0.29, 0.717) is 16.9 Å². The Morgan fingerprint density at radius 1 is 0.688 bits per heavy atom. The molecule has 0 saturated carbocycles. The number of anilines is 2. The zero-order valence-corrected chi connectivity index (χ0v) is 17.6. The standard InChI is InChI=1S/C24H17N3O4S/c28-21(27-17-10-4-6-12-19(17)32-20-13-7-5-11-18(20)27)15-26-23(30)22(29)25(24(26)31)14-16-8-2-1-3-9-16/h1-13H,14-15H2. The predicted molar refractivity (Wildman–Crippen MR) is 118 cm³/mol. The average molecular weight is 443 g/mol. The SMILES string of the molecule is O=C1C(=O)N(Cc2ccccc2)C(=O)N1CC(=O)N1c2ccccc2Sc2ccccc21. The van der Waals surface area contributed by atoms with Gasteiger partial charge in [0, 0.05) is 9.79 Å². The number of rotatable bonds is 4. The number of nitrogens with zero attached hydrogens (tertiary/aromatic N) is 3. The highest BCUT2D eigenvalue weighted by Crippen LogP contribution is 2.47. The quantitative estimate of drug-likeness (QED) is 0.453. The van der Waals surface area contributed by atoms with Crippen LogP contribution in [0.2, 0.25) is 0 Å². The molecule has 2 heterocycles. The summed E-state index contributed by atoms with van der Waals surface area (Å²) in [4.78, 5) is 56.2. The van der Waals surface area contributed by atoms with E-state index in [1.54, 1.807) is 36.0 Å². The van der Waals surface area contributed by atoms with Crippen molar-refractivity contribution in [3.05, 3.63) is 84.4 Å². The highest BCUT2D eigenvalue weighted by Gasteiger charge is 2.46. The van der Waals surface area contributed by atoms with E-state index < -0.39 is 30.3 Å². The summed E-state index contributed by atoms with van der Waals surface area (Å²) in [6, 6.07) is 23.0. The Labute approximate surface area is 188 Å². The third-order valence-corrected chi connectivity index (χ3v) is 6.42. The van der Waals surface area contributed by atoms with Gasteiger partial charge in [0.15, 0.2) is 0 Å². The van der Waals surface area contributed by atoms with Crippen LogP contribution in [0.3, 0.4) is 0 Å². The second kappa shape index (κ2) is 7.97. The van der Waals surface area contributed by atoms with Crippen molar-refractivity contribution in [3.8, 4) is 0 Å². The summed E-state index contributed by atoms with van der Waals surface area (Å²) >= 11 is 1.55. The molecule has 2 aliphatic rings. The Morgan fingerprint density at radius 2 is 1.22 bits per heavy atom. The van der Waals surface area contributed by atoms with Gasteiger partial charge in [-0.3, -0.25) is 24.2 Å². The maximum absolute atomic E-state index is 13.4. The van der Waals surface area contributed by atoms with Gasteiger partial charge in [0.05, 0.1) is 17.9 Å². The molecule has 0 atom stereocenters. The molecule has 2 aliphatic heterocycles. The fourth-order valence-electron chi connectivity index (χ4n) is 3.77. The lowest BCUT2D eigenvalue weighted by molar-refractivity contribution is -0.144. The van der Waals surface area contributed by atoms with Gasteiger partial charge in [-0.1, -0.05) is 66.4 Å². The van der Waals surface area contributed by atoms with Crippen LogP contribution < -0.4 is 4.90 Å². The van der Waals surface area contributed by atoms with Crippen LogP contribution in [0.1, 0.15) is 5.56 Å². The fourth-order valence-corrected chi connectivity index (χ4v) is 4.83. The number of imide groups is 2. The molecule has 5 rings (SSSR count). The minimum Gasteiger partial charge on any atom is -0.277 e. The molecule has 1 fully saturated rings. The molecule has 0 aliphatic carbocycles. The Kier molecular flexibility index (Phi) is 4.99. The Balaban J connectivity index is 1.43. The van der Waals surface area contributed by atoms with Crippen molar-refractivity contribution in [1.29, 1.82) is 0 Å². The number of benzene rings is 3. The van der Waals surface area contributed by atoms with Gasteiger partial charge in [-0.15, -0.1) is 0 Å². The molecule has 8 heteroatoms. The Morgan fingerprint density at radius 3 is 1.84 bits per heavy atom. The van der Waals surface area contributed by atoms with Crippen LogP contribution in [0.15, 0.2) is 88.7 Å². The molecule has 158 valence electrons. The lowest BCUT2D eigenvalue weighted by Gasteiger charge is -2.31. The molecular weight excluding hydrogens is 426 g/mol. The summed E-state index contributed by atoms with van der Waals surface area (Å²) in [5.74, 6) is -2.39. The molecule has 0 radical (unpaired) electrons. The molecule has 1 saturated heterocycles. The summed E-state index contributed by atoms with van der Waals surface area (Å²) in [6.45, 7) is -0.553. The molecule has 0 N–H and O–H groups in total. The zero-order chi connectivity index (χ0) is 22.2. The lowest BCUT2D eigenvalue weighted by Crippen LogP contribution is -2.42. The highest BCUT2D eigenvalue weighted by atomic mass is 32.2. The third kappa shape index (κ3) is 3.34. The van der Waals surface area contributed by atoms with Crippen LogP contribution in [0.25, 0.3) is 0 Å². The van der Waals surface area contributed by atoms with E-state index >= 15 is 0 Å². The first-order valence-corrected chi connectivity index (χ1v) is 10.8. The van der Waals surface area contributed by atoms with Crippen molar-refractivity contribution in [2.45, 2.75) is 16.3 Å². The van der Waals surface area contributed by atoms with E-state index in [1.165, 1.54) is 4.90 Å². The van der Waals surface area contributed by atoms with Gasteiger partial charge in [0.2, 0.25) is 0 Å². The minimum absolute atomic E-state index is 0.0268. The minimum atomic E-state index is -0.993. The first-order valence-electron chi connectivity index (χ1n) is 9.94. The number of hydrogen-bond donors (Lipinski definition) is 0. The second-order valence-corrected chi connectivity index (χ2v) is 8.40. The molecule has 32 heavy (non-hydrogen) atoms. The van der Waals surface area contributed by atoms with Crippen LogP contribution in [0, 0.1) is 0 Å². The summed E-state index contributed by atoms with van der Waals surface area (Å²) in [7, 11) is 0. The van der Waals surface area contributed by atoms with Crippen molar-refractivity contribution >= 4 is 46.9 Å². The maximum Gasteiger partial charge on any atom is 0.335 e. The van der Waals surface area contributed by atoms with E-state index in [4.69, 9.17) is 0 Å². The molecule has 0 unspecified atom stereocenters. The third-order valence-electron chi connectivity index (χ3n) is 5.29. The predicted octanol–water partition coefficient (Wildman–Crippen LogP) is 3.81. The summed E-state index contributed by atoms with van der Waals surface area (Å²) < 4.78 is 0. The van der Waals surface area contributed by atoms with E-state index in [1.807, 2.05) is 54.6 Å². The first-order chi connectivity index (χ1) is 15.5. The van der Waals surface area contributed by atoms with Gasteiger partial charge >= 0.3 is 17.8 Å². The number of urea groups is 1. The zero-order valence-electron chi connectivity index (χ0n) is 16.8. The largest absolute Gasteiger partial charge is 0.335 e. The van der Waals surface area contributed by atoms with Crippen LogP contribution in [0.5, 0.6) is 0 Å². The molecule has 0 spiro atoms. The first kappa shape index (κ1) is 20.0. The van der Waals surface area contributed by atoms with Gasteiger partial charge < -0.3 is 0 Å². The van der Waals surface area contributed by atoms with Crippen LogP contribution in [-0.2, 0) is 20.9 Å². The van der Waals surface area contributed by atoms with Crippen molar-refractivity contribution in [2.24, 2.45) is 0 Å². The van der Waals surface area contributed by atoms with Crippen molar-refractivity contribution in [2.75, 3.05) is 11.4 Å². The Bertz CT molecular complexity index is 1220. The molecule has 5 amide bonds. The summed E-state index contributed by atoms with van der Waals surface area (Å²) in [5.41, 5.74) is 2.06. The lowest BCUT2D eigenvalue weighted by atomic mass is 10.2. The van der Waals surface area contributed by atoms with Gasteiger partial charge in [-0.05, 0) is 29.8 Å². The smallest absolute Gasteiger partial charge is 0.277 e. The van der Waals surface area contributed by atoms with Crippen LogP contribution in [-0.4, -0.2) is 40.1 Å². The van der Waals surface area contributed by atoms with Crippen molar-refractivity contribution < 1.29 is 19.2 Å². The van der Waals surface area contributed by atoms with E-state index in [9.17, 15) is 19.2 Å². The topological polar surface area (TPSA) is 78.0 Å². The van der Waals surface area contributed by atoms with E-state index in [0.717, 1.165) is 19.6 Å². The van der Waals surface area contributed by atoms with Gasteiger partial charge in [0.25, 0.3) is 5.91 Å². The molecular formula is C24H17N3O4S. The maximum atomic E-state index is 13.4.